The van der Waals surface area contributed by atoms with Gasteiger partial charge in [-0.25, -0.2) is 4.98 Å². The number of rotatable bonds is 5. The molecule has 1 fully saturated rings. The summed E-state index contributed by atoms with van der Waals surface area (Å²) in [6.07, 6.45) is 2.58. The fourth-order valence-electron chi connectivity index (χ4n) is 4.24. The highest BCUT2D eigenvalue weighted by molar-refractivity contribution is 5.78. The van der Waals surface area contributed by atoms with Gasteiger partial charge >= 0.3 is 0 Å². The van der Waals surface area contributed by atoms with Gasteiger partial charge in [-0.3, -0.25) is 4.79 Å². The van der Waals surface area contributed by atoms with Crippen LogP contribution in [0.15, 0.2) is 48.5 Å². The first-order valence-electron chi connectivity index (χ1n) is 10.4. The van der Waals surface area contributed by atoms with Gasteiger partial charge < -0.3 is 9.47 Å². The molecule has 1 amide bonds. The van der Waals surface area contributed by atoms with E-state index in [1.165, 1.54) is 11.1 Å². The number of carbonyl (C=O) groups excluding carboxylic acids is 1. The van der Waals surface area contributed by atoms with E-state index in [4.69, 9.17) is 4.98 Å². The van der Waals surface area contributed by atoms with E-state index in [0.29, 0.717) is 12.3 Å². The Hall–Kier alpha value is -2.62. The third kappa shape index (κ3) is 3.44. The van der Waals surface area contributed by atoms with Gasteiger partial charge in [0.15, 0.2) is 0 Å². The van der Waals surface area contributed by atoms with Crippen molar-refractivity contribution in [2.24, 2.45) is 0 Å². The zero-order chi connectivity index (χ0) is 19.7. The lowest BCUT2D eigenvalue weighted by Crippen LogP contribution is -2.31. The minimum atomic E-state index is 0.0785. The largest absolute Gasteiger partial charge is 0.333 e. The van der Waals surface area contributed by atoms with Crippen molar-refractivity contribution in [1.82, 2.24) is 14.5 Å². The molecule has 0 bridgehead atoms. The Balaban J connectivity index is 1.74. The second kappa shape index (κ2) is 7.78. The average molecular weight is 376 g/mol. The summed E-state index contributed by atoms with van der Waals surface area (Å²) in [6.45, 7) is 7.99. The molecular weight excluding hydrogens is 346 g/mol. The number of nitrogens with zero attached hydrogens (tertiary/aromatic N) is 3. The van der Waals surface area contributed by atoms with Gasteiger partial charge in [-0.15, -0.1) is 0 Å². The van der Waals surface area contributed by atoms with Crippen molar-refractivity contribution in [3.8, 4) is 0 Å². The first-order chi connectivity index (χ1) is 13.6. The topological polar surface area (TPSA) is 38.1 Å². The highest BCUT2D eigenvalue weighted by Crippen LogP contribution is 2.34. The van der Waals surface area contributed by atoms with Crippen LogP contribution >= 0.6 is 0 Å². The van der Waals surface area contributed by atoms with Crippen LogP contribution in [0.25, 0.3) is 11.0 Å². The number of imidazole rings is 1. The van der Waals surface area contributed by atoms with E-state index >= 15 is 0 Å². The van der Waals surface area contributed by atoms with Crippen LogP contribution in [0.1, 0.15) is 68.9 Å². The first-order valence-corrected chi connectivity index (χ1v) is 10.4. The van der Waals surface area contributed by atoms with Gasteiger partial charge in [0.05, 0.1) is 17.1 Å². The van der Waals surface area contributed by atoms with E-state index in [1.807, 2.05) is 17.9 Å². The van der Waals surface area contributed by atoms with Crippen molar-refractivity contribution in [1.29, 1.82) is 0 Å². The second-order valence-electron chi connectivity index (χ2n) is 8.04. The molecular formula is C24H29N3O. The van der Waals surface area contributed by atoms with E-state index in [2.05, 4.69) is 60.9 Å². The summed E-state index contributed by atoms with van der Waals surface area (Å²) in [5.74, 6) is 1.78. The predicted molar refractivity (Wildman–Crippen MR) is 113 cm³/mol. The van der Waals surface area contributed by atoms with Crippen LogP contribution in [0.3, 0.4) is 0 Å². The number of likely N-dealkylation sites (tertiary alicyclic amines) is 1. The molecule has 1 aromatic heterocycles. The van der Waals surface area contributed by atoms with Gasteiger partial charge in [0.1, 0.15) is 5.82 Å². The smallest absolute Gasteiger partial charge is 0.222 e. The van der Waals surface area contributed by atoms with Gasteiger partial charge in [0, 0.05) is 19.5 Å². The number of hydrogen-bond donors (Lipinski definition) is 0. The third-order valence-electron chi connectivity index (χ3n) is 5.84. The molecule has 0 unspecified atom stereocenters. The van der Waals surface area contributed by atoms with Crippen LogP contribution in [0.2, 0.25) is 0 Å². The lowest BCUT2D eigenvalue weighted by atomic mass is 10.0. The Morgan fingerprint density at radius 2 is 1.89 bits per heavy atom. The monoisotopic (exact) mass is 375 g/mol. The zero-order valence-corrected chi connectivity index (χ0v) is 17.1. The molecule has 0 spiro atoms. The lowest BCUT2D eigenvalue weighted by molar-refractivity contribution is -0.131. The van der Waals surface area contributed by atoms with E-state index in [-0.39, 0.29) is 11.9 Å². The van der Waals surface area contributed by atoms with Gasteiger partial charge in [0.25, 0.3) is 0 Å². The lowest BCUT2D eigenvalue weighted by Gasteiger charge is -2.25. The molecule has 1 saturated heterocycles. The van der Waals surface area contributed by atoms with Crippen LogP contribution in [-0.2, 0) is 11.3 Å². The van der Waals surface area contributed by atoms with E-state index in [0.717, 1.165) is 42.8 Å². The van der Waals surface area contributed by atoms with Gasteiger partial charge in [0.2, 0.25) is 5.91 Å². The van der Waals surface area contributed by atoms with E-state index in [1.54, 1.807) is 0 Å². The number of aromatic nitrogens is 2. The minimum absolute atomic E-state index is 0.0785. The number of carbonyl (C=O) groups is 1. The Kier molecular flexibility index (Phi) is 5.21. The van der Waals surface area contributed by atoms with Crippen LogP contribution < -0.4 is 0 Å². The van der Waals surface area contributed by atoms with Gasteiger partial charge in [-0.05, 0) is 42.0 Å². The molecule has 2 aromatic carbocycles. The quantitative estimate of drug-likeness (QED) is 0.608. The molecule has 4 rings (SSSR count). The van der Waals surface area contributed by atoms with Crippen molar-refractivity contribution in [3.63, 3.8) is 0 Å². The molecule has 2 heterocycles. The van der Waals surface area contributed by atoms with Gasteiger partial charge in [-0.1, -0.05) is 57.2 Å². The standard InChI is InChI=1S/C24H29N3O/c1-4-23(28)26-15-7-10-22(26)24-25-20-8-5-6-9-21(20)27(24)16-18-11-13-19(14-12-18)17(2)3/h5-6,8-9,11-14,17,22H,4,7,10,15-16H2,1-3H3/t22-/m0/s1. The first kappa shape index (κ1) is 18.7. The summed E-state index contributed by atoms with van der Waals surface area (Å²) >= 11 is 0. The summed E-state index contributed by atoms with van der Waals surface area (Å²) in [4.78, 5) is 19.5. The molecule has 146 valence electrons. The highest BCUT2D eigenvalue weighted by atomic mass is 16.2. The van der Waals surface area contributed by atoms with Gasteiger partial charge in [-0.2, -0.15) is 0 Å². The zero-order valence-electron chi connectivity index (χ0n) is 17.1. The maximum Gasteiger partial charge on any atom is 0.222 e. The number of para-hydroxylation sites is 2. The van der Waals surface area contributed by atoms with Crippen LogP contribution in [-0.4, -0.2) is 26.9 Å². The fourth-order valence-corrected chi connectivity index (χ4v) is 4.24. The molecule has 1 aliphatic heterocycles. The molecule has 0 radical (unpaired) electrons. The van der Waals surface area contributed by atoms with Crippen molar-refractivity contribution < 1.29 is 4.79 Å². The Labute approximate surface area is 167 Å². The molecule has 1 aliphatic rings. The Morgan fingerprint density at radius 3 is 2.61 bits per heavy atom. The van der Waals surface area contributed by atoms with Crippen LogP contribution in [0.5, 0.6) is 0 Å². The summed E-state index contributed by atoms with van der Waals surface area (Å²) in [5, 5.41) is 0. The molecule has 4 nitrogen and oxygen atoms in total. The number of amides is 1. The second-order valence-corrected chi connectivity index (χ2v) is 8.04. The molecule has 4 heteroatoms. The summed E-state index contributed by atoms with van der Waals surface area (Å²) in [5.41, 5.74) is 4.77. The molecule has 0 saturated carbocycles. The Bertz CT molecular complexity index is 971. The Morgan fingerprint density at radius 1 is 1.14 bits per heavy atom. The minimum Gasteiger partial charge on any atom is -0.333 e. The SMILES string of the molecule is CCC(=O)N1CCC[C@H]1c1nc2ccccc2n1Cc1ccc(C(C)C)cc1. The maximum atomic E-state index is 12.5. The van der Waals surface area contributed by atoms with Crippen LogP contribution in [0, 0.1) is 0 Å². The van der Waals surface area contributed by atoms with Crippen molar-refractivity contribution in [2.45, 2.75) is 58.5 Å². The fraction of sp³-hybridized carbons (Fsp3) is 0.417. The summed E-state index contributed by atoms with van der Waals surface area (Å²) in [6, 6.07) is 17.3. The molecule has 1 atom stereocenters. The van der Waals surface area contributed by atoms with E-state index in [9.17, 15) is 4.79 Å². The molecule has 28 heavy (non-hydrogen) atoms. The van der Waals surface area contributed by atoms with E-state index < -0.39 is 0 Å². The predicted octanol–water partition coefficient (Wildman–Crippen LogP) is 5.28. The summed E-state index contributed by atoms with van der Waals surface area (Å²) in [7, 11) is 0. The van der Waals surface area contributed by atoms with Crippen LogP contribution in [0.4, 0.5) is 0 Å². The van der Waals surface area contributed by atoms with Crippen molar-refractivity contribution in [3.05, 3.63) is 65.5 Å². The highest BCUT2D eigenvalue weighted by Gasteiger charge is 2.33. The molecule has 3 aromatic rings. The number of benzene rings is 2. The van der Waals surface area contributed by atoms with Crippen molar-refractivity contribution in [2.75, 3.05) is 6.54 Å². The number of hydrogen-bond acceptors (Lipinski definition) is 2. The maximum absolute atomic E-state index is 12.5. The van der Waals surface area contributed by atoms with Crippen molar-refractivity contribution >= 4 is 16.9 Å². The average Bonchev–Trinajstić information content (AvgIpc) is 3.33. The molecule has 0 aliphatic carbocycles. The molecule has 0 N–H and O–H groups in total. The third-order valence-corrected chi connectivity index (χ3v) is 5.84. The normalized spacial score (nSPS) is 17.0. The number of fused-ring (bicyclic) bond motifs is 1. The summed E-state index contributed by atoms with van der Waals surface area (Å²) < 4.78 is 2.31.